The van der Waals surface area contributed by atoms with Gasteiger partial charge in [0, 0.05) is 24.2 Å². The van der Waals surface area contributed by atoms with Gasteiger partial charge in [-0.3, -0.25) is 4.79 Å². The monoisotopic (exact) mass is 375 g/mol. The zero-order valence-corrected chi connectivity index (χ0v) is 15.9. The maximum absolute atomic E-state index is 12.2. The van der Waals surface area contributed by atoms with Crippen LogP contribution in [0.15, 0.2) is 60.7 Å². The number of hydrogen-bond donors (Lipinski definition) is 1. The molecule has 0 saturated carbocycles. The van der Waals surface area contributed by atoms with Crippen LogP contribution in [0.25, 0.3) is 10.9 Å². The third-order valence-corrected chi connectivity index (χ3v) is 5.01. The Morgan fingerprint density at radius 1 is 0.929 bits per heavy atom. The molecule has 5 nitrogen and oxygen atoms in total. The normalized spacial score (nSPS) is 14.5. The number of fused-ring (bicyclic) bond motifs is 1. The molecule has 28 heavy (non-hydrogen) atoms. The molecule has 2 aromatic carbocycles. The summed E-state index contributed by atoms with van der Waals surface area (Å²) in [7, 11) is 0. The van der Waals surface area contributed by atoms with Crippen molar-refractivity contribution in [2.45, 2.75) is 25.7 Å². The number of para-hydroxylation sites is 2. The van der Waals surface area contributed by atoms with E-state index >= 15 is 0 Å². The van der Waals surface area contributed by atoms with Crippen molar-refractivity contribution < 1.29 is 9.53 Å². The molecule has 0 aliphatic carbocycles. The fraction of sp³-hybridized carbons (Fsp3) is 0.304. The van der Waals surface area contributed by atoms with E-state index in [1.165, 1.54) is 25.7 Å². The molecule has 3 aromatic rings. The fourth-order valence-electron chi connectivity index (χ4n) is 3.56. The highest BCUT2D eigenvalue weighted by Gasteiger charge is 2.13. The van der Waals surface area contributed by atoms with Gasteiger partial charge in [0.25, 0.3) is 5.91 Å². The standard InChI is InChI=1S/C23H25N3O2/c27-22(24-19-10-4-3-5-11-19)17-28-20-12-8-9-18-13-14-21(25-23(18)20)26-15-6-1-2-7-16-26/h3-5,8-14H,1-2,6-7,15-17H2,(H,24,27). The Hall–Kier alpha value is -3.08. The molecule has 4 rings (SSSR count). The Labute approximate surface area is 165 Å². The van der Waals surface area contributed by atoms with Gasteiger partial charge in [-0.05, 0) is 43.2 Å². The van der Waals surface area contributed by atoms with Crippen molar-refractivity contribution in [3.8, 4) is 5.75 Å². The second-order valence-corrected chi connectivity index (χ2v) is 7.10. The van der Waals surface area contributed by atoms with Gasteiger partial charge in [-0.1, -0.05) is 43.2 Å². The summed E-state index contributed by atoms with van der Waals surface area (Å²) in [5.74, 6) is 1.43. The first-order valence-corrected chi connectivity index (χ1v) is 9.92. The molecule has 0 radical (unpaired) electrons. The molecule has 0 spiro atoms. The van der Waals surface area contributed by atoms with Crippen molar-refractivity contribution in [3.05, 3.63) is 60.7 Å². The molecular formula is C23H25N3O2. The number of anilines is 2. The van der Waals surface area contributed by atoms with Gasteiger partial charge in [-0.25, -0.2) is 4.98 Å². The number of hydrogen-bond acceptors (Lipinski definition) is 4. The second-order valence-electron chi connectivity index (χ2n) is 7.10. The maximum Gasteiger partial charge on any atom is 0.262 e. The third-order valence-electron chi connectivity index (χ3n) is 5.01. The number of pyridine rings is 1. The molecular weight excluding hydrogens is 350 g/mol. The minimum Gasteiger partial charge on any atom is -0.481 e. The number of rotatable bonds is 5. The minimum absolute atomic E-state index is 0.0520. The molecule has 0 bridgehead atoms. The van der Waals surface area contributed by atoms with E-state index in [4.69, 9.17) is 9.72 Å². The molecule has 144 valence electrons. The van der Waals surface area contributed by atoms with Gasteiger partial charge in [0.2, 0.25) is 0 Å². The van der Waals surface area contributed by atoms with E-state index in [-0.39, 0.29) is 12.5 Å². The Bertz CT molecular complexity index is 935. The van der Waals surface area contributed by atoms with Gasteiger partial charge in [-0.2, -0.15) is 0 Å². The van der Waals surface area contributed by atoms with Crippen LogP contribution in [0, 0.1) is 0 Å². The fourth-order valence-corrected chi connectivity index (χ4v) is 3.56. The molecule has 1 aromatic heterocycles. The van der Waals surface area contributed by atoms with Crippen molar-refractivity contribution in [1.82, 2.24) is 4.98 Å². The largest absolute Gasteiger partial charge is 0.481 e. The lowest BCUT2D eigenvalue weighted by molar-refractivity contribution is -0.118. The smallest absolute Gasteiger partial charge is 0.262 e. The molecule has 5 heteroatoms. The van der Waals surface area contributed by atoms with Crippen LogP contribution in [0.2, 0.25) is 0 Å². The van der Waals surface area contributed by atoms with Crippen LogP contribution in [0.4, 0.5) is 11.5 Å². The molecule has 1 fully saturated rings. The molecule has 2 heterocycles. The Kier molecular flexibility index (Phi) is 5.71. The lowest BCUT2D eigenvalue weighted by Crippen LogP contribution is -2.24. The summed E-state index contributed by atoms with van der Waals surface area (Å²) in [5.41, 5.74) is 1.56. The zero-order chi connectivity index (χ0) is 19.2. The molecule has 1 aliphatic heterocycles. The number of ether oxygens (including phenoxy) is 1. The first-order chi connectivity index (χ1) is 13.8. The van der Waals surface area contributed by atoms with Crippen molar-refractivity contribution >= 4 is 28.3 Å². The highest BCUT2D eigenvalue weighted by atomic mass is 16.5. The van der Waals surface area contributed by atoms with Crippen LogP contribution in [-0.2, 0) is 4.79 Å². The molecule has 0 atom stereocenters. The van der Waals surface area contributed by atoms with E-state index in [0.29, 0.717) is 5.75 Å². The van der Waals surface area contributed by atoms with Crippen LogP contribution in [0.5, 0.6) is 5.75 Å². The van der Waals surface area contributed by atoms with Crippen LogP contribution >= 0.6 is 0 Å². The van der Waals surface area contributed by atoms with Crippen LogP contribution < -0.4 is 15.0 Å². The summed E-state index contributed by atoms with van der Waals surface area (Å²) in [5, 5.41) is 3.85. The number of benzene rings is 2. The second kappa shape index (κ2) is 8.74. The van der Waals surface area contributed by atoms with Crippen LogP contribution in [0.3, 0.4) is 0 Å². The lowest BCUT2D eigenvalue weighted by atomic mass is 10.2. The average molecular weight is 375 g/mol. The number of carbonyl (C=O) groups is 1. The van der Waals surface area contributed by atoms with Crippen molar-refractivity contribution in [2.75, 3.05) is 29.9 Å². The quantitative estimate of drug-likeness (QED) is 0.706. The number of amides is 1. The molecule has 1 saturated heterocycles. The van der Waals surface area contributed by atoms with E-state index in [1.807, 2.05) is 48.5 Å². The summed E-state index contributed by atoms with van der Waals surface area (Å²) in [6.45, 7) is 2.03. The molecule has 1 N–H and O–H groups in total. The Morgan fingerprint density at radius 2 is 1.71 bits per heavy atom. The van der Waals surface area contributed by atoms with Gasteiger partial charge >= 0.3 is 0 Å². The van der Waals surface area contributed by atoms with E-state index in [0.717, 1.165) is 35.5 Å². The summed E-state index contributed by atoms with van der Waals surface area (Å²) in [4.78, 5) is 19.4. The van der Waals surface area contributed by atoms with Gasteiger partial charge in [0.05, 0.1) is 0 Å². The van der Waals surface area contributed by atoms with Crippen LogP contribution in [0.1, 0.15) is 25.7 Å². The van der Waals surface area contributed by atoms with E-state index in [9.17, 15) is 4.79 Å². The number of aromatic nitrogens is 1. The zero-order valence-electron chi connectivity index (χ0n) is 15.9. The Balaban J connectivity index is 1.50. The number of nitrogens with zero attached hydrogens (tertiary/aromatic N) is 2. The third kappa shape index (κ3) is 4.42. The summed E-state index contributed by atoms with van der Waals surface area (Å²) in [6.07, 6.45) is 4.99. The topological polar surface area (TPSA) is 54.5 Å². The minimum atomic E-state index is -0.188. The van der Waals surface area contributed by atoms with Gasteiger partial charge < -0.3 is 15.0 Å². The highest BCUT2D eigenvalue weighted by molar-refractivity contribution is 5.92. The lowest BCUT2D eigenvalue weighted by Gasteiger charge is -2.22. The van der Waals surface area contributed by atoms with E-state index in [2.05, 4.69) is 22.3 Å². The average Bonchev–Trinajstić information content (AvgIpc) is 3.02. The van der Waals surface area contributed by atoms with Gasteiger partial charge in [0.1, 0.15) is 17.1 Å². The van der Waals surface area contributed by atoms with Crippen molar-refractivity contribution in [1.29, 1.82) is 0 Å². The molecule has 0 unspecified atom stereocenters. The SMILES string of the molecule is O=C(COc1cccc2ccc(N3CCCCCC3)nc12)Nc1ccccc1. The molecule has 1 aliphatic rings. The summed E-state index contributed by atoms with van der Waals surface area (Å²) >= 11 is 0. The van der Waals surface area contributed by atoms with Crippen molar-refractivity contribution in [2.24, 2.45) is 0 Å². The van der Waals surface area contributed by atoms with Gasteiger partial charge in [0.15, 0.2) is 6.61 Å². The summed E-state index contributed by atoms with van der Waals surface area (Å²) < 4.78 is 5.83. The predicted octanol–water partition coefficient (Wildman–Crippen LogP) is 4.63. The van der Waals surface area contributed by atoms with Crippen LogP contribution in [-0.4, -0.2) is 30.6 Å². The number of nitrogens with one attached hydrogen (secondary N) is 1. The highest BCUT2D eigenvalue weighted by Crippen LogP contribution is 2.27. The van der Waals surface area contributed by atoms with Crippen molar-refractivity contribution in [3.63, 3.8) is 0 Å². The number of carbonyl (C=O) groups excluding carboxylic acids is 1. The first kappa shape index (κ1) is 18.3. The summed E-state index contributed by atoms with van der Waals surface area (Å²) in [6, 6.07) is 19.4. The van der Waals surface area contributed by atoms with E-state index in [1.54, 1.807) is 0 Å². The predicted molar refractivity (Wildman–Crippen MR) is 113 cm³/mol. The Morgan fingerprint density at radius 3 is 2.50 bits per heavy atom. The van der Waals surface area contributed by atoms with Gasteiger partial charge in [-0.15, -0.1) is 0 Å². The maximum atomic E-state index is 12.2. The molecule has 1 amide bonds. The van der Waals surface area contributed by atoms with E-state index < -0.39 is 0 Å². The first-order valence-electron chi connectivity index (χ1n) is 9.92.